The summed E-state index contributed by atoms with van der Waals surface area (Å²) in [5.41, 5.74) is 6.64. The molecule has 0 aromatic carbocycles. The largest absolute Gasteiger partial charge is 0.350 e. The molecule has 4 nitrogen and oxygen atoms in total. The third kappa shape index (κ3) is 5.28. The van der Waals surface area contributed by atoms with Gasteiger partial charge in [-0.25, -0.2) is 4.98 Å². The van der Waals surface area contributed by atoms with E-state index in [1.165, 1.54) is 18.5 Å². The molecule has 5 heteroatoms. The predicted octanol–water partition coefficient (Wildman–Crippen LogP) is 2.55. The summed E-state index contributed by atoms with van der Waals surface area (Å²) in [5.74, 6) is 0.833. The predicted molar refractivity (Wildman–Crippen MR) is 78.1 cm³/mol. The number of hydrogen-bond donors (Lipinski definition) is 2. The molecule has 1 aliphatic carbocycles. The number of thiazole rings is 1. The highest BCUT2D eigenvalue weighted by atomic mass is 32.1. The second-order valence-electron chi connectivity index (χ2n) is 5.17. The lowest BCUT2D eigenvalue weighted by Gasteiger charge is -2.03. The molecule has 1 aliphatic rings. The highest BCUT2D eigenvalue weighted by Crippen LogP contribution is 2.40. The molecule has 1 aromatic heterocycles. The van der Waals surface area contributed by atoms with Gasteiger partial charge in [0.25, 0.3) is 0 Å². The fourth-order valence-electron chi connectivity index (χ4n) is 2.02. The summed E-state index contributed by atoms with van der Waals surface area (Å²) in [7, 11) is 0. The Balaban J connectivity index is 1.57. The van der Waals surface area contributed by atoms with Crippen molar-refractivity contribution in [2.24, 2.45) is 5.73 Å². The topological polar surface area (TPSA) is 68.0 Å². The molecule has 1 aromatic rings. The maximum absolute atomic E-state index is 11.6. The van der Waals surface area contributed by atoms with Crippen LogP contribution in [0.25, 0.3) is 0 Å². The van der Waals surface area contributed by atoms with Crippen molar-refractivity contribution < 1.29 is 4.79 Å². The molecule has 1 heterocycles. The molecule has 0 atom stereocenters. The Morgan fingerprint density at radius 1 is 1.37 bits per heavy atom. The maximum atomic E-state index is 11.6. The number of amides is 1. The molecule has 0 spiro atoms. The van der Waals surface area contributed by atoms with Crippen LogP contribution in [0.2, 0.25) is 0 Å². The summed E-state index contributed by atoms with van der Waals surface area (Å²) < 4.78 is 0. The fourth-order valence-corrected chi connectivity index (χ4v) is 2.83. The summed E-state index contributed by atoms with van der Waals surface area (Å²) >= 11 is 1.66. The fraction of sp³-hybridized carbons (Fsp3) is 0.714. The van der Waals surface area contributed by atoms with Crippen LogP contribution in [0.1, 0.15) is 61.6 Å². The van der Waals surface area contributed by atoms with Crippen LogP contribution in [0.4, 0.5) is 0 Å². The second kappa shape index (κ2) is 7.60. The van der Waals surface area contributed by atoms with Crippen molar-refractivity contribution in [3.05, 3.63) is 16.1 Å². The van der Waals surface area contributed by atoms with Crippen molar-refractivity contribution >= 4 is 17.2 Å². The number of carbonyl (C=O) groups excluding carboxylic acids is 1. The number of nitrogens with one attached hydrogen (secondary N) is 1. The van der Waals surface area contributed by atoms with Gasteiger partial charge < -0.3 is 11.1 Å². The third-order valence-corrected chi connectivity index (χ3v) is 4.23. The first-order valence-electron chi connectivity index (χ1n) is 7.20. The standard InChI is InChI=1S/C14H23N3OS/c15-8-4-2-1-3-5-13(18)16-9-14-17-12(10-19-14)11-6-7-11/h10-11H,1-9,15H2,(H,16,18). The minimum absolute atomic E-state index is 0.135. The Bertz CT molecular complexity index is 401. The molecule has 1 saturated carbocycles. The summed E-state index contributed by atoms with van der Waals surface area (Å²) in [5, 5.41) is 6.10. The molecule has 1 amide bonds. The van der Waals surface area contributed by atoms with E-state index in [4.69, 9.17) is 5.73 Å². The zero-order valence-electron chi connectivity index (χ0n) is 11.4. The molecule has 0 saturated heterocycles. The molecule has 0 aliphatic heterocycles. The van der Waals surface area contributed by atoms with Gasteiger partial charge in [0.1, 0.15) is 5.01 Å². The van der Waals surface area contributed by atoms with Gasteiger partial charge in [0.05, 0.1) is 12.2 Å². The number of rotatable bonds is 9. The number of nitrogens with zero attached hydrogens (tertiary/aromatic N) is 1. The Hall–Kier alpha value is -0.940. The highest BCUT2D eigenvalue weighted by Gasteiger charge is 2.25. The van der Waals surface area contributed by atoms with Gasteiger partial charge in [-0.2, -0.15) is 0 Å². The first kappa shape index (κ1) is 14.5. The van der Waals surface area contributed by atoms with E-state index in [0.717, 1.165) is 37.2 Å². The lowest BCUT2D eigenvalue weighted by molar-refractivity contribution is -0.121. The number of aromatic nitrogens is 1. The number of carbonyl (C=O) groups is 1. The zero-order valence-corrected chi connectivity index (χ0v) is 12.2. The average molecular weight is 281 g/mol. The van der Waals surface area contributed by atoms with Crippen LogP contribution in [0.5, 0.6) is 0 Å². The van der Waals surface area contributed by atoms with E-state index in [1.807, 2.05) is 0 Å². The molecular weight excluding hydrogens is 258 g/mol. The lowest BCUT2D eigenvalue weighted by Crippen LogP contribution is -2.22. The van der Waals surface area contributed by atoms with Crippen molar-refractivity contribution in [3.8, 4) is 0 Å². The summed E-state index contributed by atoms with van der Waals surface area (Å²) in [6.45, 7) is 1.33. The van der Waals surface area contributed by atoms with Crippen molar-refractivity contribution in [3.63, 3.8) is 0 Å². The molecule has 2 rings (SSSR count). The zero-order chi connectivity index (χ0) is 13.5. The number of nitrogens with two attached hydrogens (primary N) is 1. The molecule has 0 radical (unpaired) electrons. The van der Waals surface area contributed by atoms with Gasteiger partial charge in [-0.3, -0.25) is 4.79 Å². The Morgan fingerprint density at radius 2 is 2.16 bits per heavy atom. The SMILES string of the molecule is NCCCCCCC(=O)NCc1nc(C2CC2)cs1. The molecule has 0 unspecified atom stereocenters. The quantitative estimate of drug-likeness (QED) is 0.683. The van der Waals surface area contributed by atoms with E-state index in [1.54, 1.807) is 11.3 Å². The van der Waals surface area contributed by atoms with Gasteiger partial charge in [-0.1, -0.05) is 12.8 Å². The monoisotopic (exact) mass is 281 g/mol. The summed E-state index contributed by atoms with van der Waals surface area (Å²) in [6, 6.07) is 0. The molecule has 19 heavy (non-hydrogen) atoms. The van der Waals surface area contributed by atoms with Gasteiger partial charge in [0.2, 0.25) is 5.91 Å². The van der Waals surface area contributed by atoms with Gasteiger partial charge in [0.15, 0.2) is 0 Å². The number of unbranched alkanes of at least 4 members (excludes halogenated alkanes) is 3. The van der Waals surface area contributed by atoms with Crippen molar-refractivity contribution in [1.29, 1.82) is 0 Å². The van der Waals surface area contributed by atoms with E-state index >= 15 is 0 Å². The maximum Gasteiger partial charge on any atom is 0.220 e. The minimum atomic E-state index is 0.135. The van der Waals surface area contributed by atoms with Crippen LogP contribution in [0.15, 0.2) is 5.38 Å². The molecule has 0 bridgehead atoms. The van der Waals surface area contributed by atoms with E-state index in [-0.39, 0.29) is 5.91 Å². The van der Waals surface area contributed by atoms with Crippen LogP contribution < -0.4 is 11.1 Å². The summed E-state index contributed by atoms with van der Waals surface area (Å²) in [4.78, 5) is 16.2. The van der Waals surface area contributed by atoms with Gasteiger partial charge in [-0.05, 0) is 32.2 Å². The average Bonchev–Trinajstić information content (AvgIpc) is 3.15. The van der Waals surface area contributed by atoms with E-state index in [0.29, 0.717) is 18.9 Å². The minimum Gasteiger partial charge on any atom is -0.350 e. The Kier molecular flexibility index (Phi) is 5.79. The normalized spacial score (nSPS) is 14.6. The van der Waals surface area contributed by atoms with Crippen LogP contribution in [0.3, 0.4) is 0 Å². The van der Waals surface area contributed by atoms with Gasteiger partial charge in [-0.15, -0.1) is 11.3 Å². The lowest BCUT2D eigenvalue weighted by atomic mass is 10.1. The Labute approximate surface area is 118 Å². The van der Waals surface area contributed by atoms with Crippen molar-refractivity contribution in [2.75, 3.05) is 6.54 Å². The van der Waals surface area contributed by atoms with Crippen LogP contribution in [-0.2, 0) is 11.3 Å². The second-order valence-corrected chi connectivity index (χ2v) is 6.11. The van der Waals surface area contributed by atoms with Crippen molar-refractivity contribution in [2.45, 2.75) is 57.4 Å². The van der Waals surface area contributed by atoms with Crippen molar-refractivity contribution in [1.82, 2.24) is 10.3 Å². The molecule has 1 fully saturated rings. The van der Waals surface area contributed by atoms with Crippen LogP contribution in [0, 0.1) is 0 Å². The van der Waals surface area contributed by atoms with Crippen LogP contribution >= 0.6 is 11.3 Å². The first-order chi connectivity index (χ1) is 9.29. The molecule has 106 valence electrons. The molecular formula is C14H23N3OS. The smallest absolute Gasteiger partial charge is 0.220 e. The third-order valence-electron chi connectivity index (χ3n) is 3.36. The van der Waals surface area contributed by atoms with E-state index in [2.05, 4.69) is 15.7 Å². The Morgan fingerprint density at radius 3 is 2.89 bits per heavy atom. The van der Waals surface area contributed by atoms with Gasteiger partial charge >= 0.3 is 0 Å². The van der Waals surface area contributed by atoms with E-state index < -0.39 is 0 Å². The first-order valence-corrected chi connectivity index (χ1v) is 8.08. The summed E-state index contributed by atoms with van der Waals surface area (Å²) in [6.07, 6.45) is 7.40. The van der Waals surface area contributed by atoms with Gasteiger partial charge in [0, 0.05) is 17.7 Å². The molecule has 3 N–H and O–H groups in total. The highest BCUT2D eigenvalue weighted by molar-refractivity contribution is 7.09. The van der Waals surface area contributed by atoms with Crippen LogP contribution in [-0.4, -0.2) is 17.4 Å². The van der Waals surface area contributed by atoms with E-state index in [9.17, 15) is 4.79 Å². The number of hydrogen-bond acceptors (Lipinski definition) is 4.